The highest BCUT2D eigenvalue weighted by molar-refractivity contribution is 7.00. The van der Waals surface area contributed by atoms with E-state index in [2.05, 4.69) is 284 Å². The molecule has 0 bridgehead atoms. The van der Waals surface area contributed by atoms with Gasteiger partial charge in [0.2, 0.25) is 0 Å². The predicted molar refractivity (Wildman–Crippen MR) is 336 cm³/mol. The highest BCUT2D eigenvalue weighted by atomic mass is 16.3. The largest absolute Gasteiger partial charge is 0.454 e. The van der Waals surface area contributed by atoms with Crippen LogP contribution < -0.4 is 26.2 Å². The Labute approximate surface area is 464 Å². The Morgan fingerprint density at radius 2 is 1.00 bits per heavy atom. The van der Waals surface area contributed by atoms with Crippen LogP contribution in [-0.2, 0) is 32.5 Å². The molecule has 0 radical (unpaired) electrons. The van der Waals surface area contributed by atoms with E-state index in [-0.39, 0.29) is 39.2 Å². The van der Waals surface area contributed by atoms with Gasteiger partial charge in [-0.05, 0) is 149 Å². The van der Waals surface area contributed by atoms with Gasteiger partial charge >= 0.3 is 0 Å². The molecule has 0 spiro atoms. The van der Waals surface area contributed by atoms with Gasteiger partial charge in [0.25, 0.3) is 6.71 Å². The van der Waals surface area contributed by atoms with Crippen molar-refractivity contribution < 1.29 is 4.42 Å². The van der Waals surface area contributed by atoms with Gasteiger partial charge in [-0.15, -0.1) is 0 Å². The summed E-state index contributed by atoms with van der Waals surface area (Å²) < 4.78 is 10.0. The molecule has 392 valence electrons. The van der Waals surface area contributed by atoms with Crippen molar-refractivity contribution in [1.29, 1.82) is 0 Å². The summed E-state index contributed by atoms with van der Waals surface area (Å²) >= 11 is 0. The van der Waals surface area contributed by atoms with E-state index in [9.17, 15) is 0 Å². The first kappa shape index (κ1) is 50.3. The Kier molecular flexibility index (Phi) is 10.6. The van der Waals surface area contributed by atoms with Crippen molar-refractivity contribution >= 4 is 90.1 Å². The van der Waals surface area contributed by atoms with Crippen molar-refractivity contribution in [3.8, 4) is 16.8 Å². The summed E-state index contributed by atoms with van der Waals surface area (Å²) in [5.41, 5.74) is 26.6. The standard InChI is InChI=1S/C73H76BN3O/c1-68(2,3)43-25-30-48(31-26-43)75(49-32-27-44(28-33-49)69(4,5)6)50-34-36-56-59(42-50)76(58-24-20-22-52-51-35-29-45(70(7,8)9)41-62(51)78-66(52)58)60-39-47(72(13,14)15)40-61-64(60)74(56)57-38-46(71(10,11)12)37-54-63-53-21-18-19-23-55(53)73(16,17)67(63)77(61)65(54)57/h18-42H,1-17H3. The maximum atomic E-state index is 7.30. The lowest BCUT2D eigenvalue weighted by atomic mass is 9.33. The van der Waals surface area contributed by atoms with Crippen LogP contribution >= 0.6 is 0 Å². The molecule has 13 rings (SSSR count). The summed E-state index contributed by atoms with van der Waals surface area (Å²) in [7, 11) is 0. The number of nitrogens with zero attached hydrogens (tertiary/aromatic N) is 3. The minimum Gasteiger partial charge on any atom is -0.454 e. The molecule has 3 aliphatic rings. The lowest BCUT2D eigenvalue weighted by Gasteiger charge is -2.42. The van der Waals surface area contributed by atoms with E-state index in [1.54, 1.807) is 0 Å². The zero-order valence-corrected chi connectivity index (χ0v) is 49.3. The summed E-state index contributed by atoms with van der Waals surface area (Å²) in [4.78, 5) is 5.07. The fourth-order valence-corrected chi connectivity index (χ4v) is 13.4. The van der Waals surface area contributed by atoms with Gasteiger partial charge in [-0.3, -0.25) is 0 Å². The monoisotopic (exact) mass is 1020 g/mol. The summed E-state index contributed by atoms with van der Waals surface area (Å²) in [6, 6.07) is 59.0. The predicted octanol–water partition coefficient (Wildman–Crippen LogP) is 18.4. The third-order valence-corrected chi connectivity index (χ3v) is 17.9. The summed E-state index contributed by atoms with van der Waals surface area (Å²) in [5, 5.41) is 3.60. The minimum atomic E-state index is -0.256. The van der Waals surface area contributed by atoms with E-state index < -0.39 is 0 Å². The lowest BCUT2D eigenvalue weighted by Crippen LogP contribution is -2.61. The van der Waals surface area contributed by atoms with Gasteiger partial charge in [-0.1, -0.05) is 203 Å². The number of para-hydroxylation sites is 1. The first-order chi connectivity index (χ1) is 36.6. The second kappa shape index (κ2) is 16.4. The molecule has 1 aliphatic carbocycles. The van der Waals surface area contributed by atoms with Crippen molar-refractivity contribution in [3.63, 3.8) is 0 Å². The Hall–Kier alpha value is -7.24. The number of benzene rings is 8. The fourth-order valence-electron chi connectivity index (χ4n) is 13.4. The molecule has 0 atom stereocenters. The highest BCUT2D eigenvalue weighted by Gasteiger charge is 2.49. The molecule has 78 heavy (non-hydrogen) atoms. The Morgan fingerprint density at radius 1 is 0.436 bits per heavy atom. The third kappa shape index (κ3) is 7.46. The van der Waals surface area contributed by atoms with Crippen molar-refractivity contribution in [2.24, 2.45) is 0 Å². The van der Waals surface area contributed by atoms with Crippen LogP contribution in [0.25, 0.3) is 49.7 Å². The van der Waals surface area contributed by atoms with Crippen LogP contribution in [0.5, 0.6) is 0 Å². The molecule has 10 aromatic rings. The van der Waals surface area contributed by atoms with E-state index >= 15 is 0 Å². The molecule has 0 saturated heterocycles. The number of anilines is 6. The molecular formula is C73H76BN3O. The van der Waals surface area contributed by atoms with E-state index in [1.165, 1.54) is 88.9 Å². The van der Waals surface area contributed by atoms with Gasteiger partial charge in [0.15, 0.2) is 5.58 Å². The SMILES string of the molecule is CC(C)(C)c1ccc(N(c2ccc(C(C)(C)C)cc2)c2ccc3c(c2)N(c2cccc4c2oc2cc(C(C)(C)C)ccc24)c2cc(C(C)(C)C)cc4c2B3c2cc(C(C)(C)C)cc3c5c(n-4c23)C(C)(C)c2ccccc2-5)cc1. The number of fused-ring (bicyclic) bond motifs is 12. The molecule has 4 heterocycles. The van der Waals surface area contributed by atoms with Gasteiger partial charge in [-0.25, -0.2) is 0 Å². The molecule has 0 N–H and O–H groups in total. The molecule has 2 aromatic heterocycles. The number of rotatable bonds is 4. The summed E-state index contributed by atoms with van der Waals surface area (Å²) in [6.45, 7) is 39.7. The fraction of sp³-hybridized carbons (Fsp3) is 0.315. The van der Waals surface area contributed by atoms with E-state index in [0.29, 0.717) is 0 Å². The van der Waals surface area contributed by atoms with Crippen LogP contribution in [0.15, 0.2) is 156 Å². The Bertz CT molecular complexity index is 4070. The van der Waals surface area contributed by atoms with Crippen LogP contribution in [0.3, 0.4) is 0 Å². The van der Waals surface area contributed by atoms with Gasteiger partial charge < -0.3 is 18.8 Å². The number of hydrogen-bond donors (Lipinski definition) is 0. The second-order valence-corrected chi connectivity index (χ2v) is 28.8. The van der Waals surface area contributed by atoms with Crippen molar-refractivity contribution in [2.45, 2.75) is 150 Å². The highest BCUT2D eigenvalue weighted by Crippen LogP contribution is 2.56. The van der Waals surface area contributed by atoms with Gasteiger partial charge in [0, 0.05) is 72.5 Å². The molecular weight excluding hydrogens is 946 g/mol. The smallest absolute Gasteiger partial charge is 0.252 e. The maximum Gasteiger partial charge on any atom is 0.252 e. The van der Waals surface area contributed by atoms with E-state index in [0.717, 1.165) is 50.4 Å². The zero-order chi connectivity index (χ0) is 55.1. The molecule has 2 aliphatic heterocycles. The van der Waals surface area contributed by atoms with Crippen LogP contribution in [0.2, 0.25) is 0 Å². The lowest BCUT2D eigenvalue weighted by molar-refractivity contribution is 0.587. The molecule has 4 nitrogen and oxygen atoms in total. The van der Waals surface area contributed by atoms with Gasteiger partial charge in [0.05, 0.1) is 5.69 Å². The van der Waals surface area contributed by atoms with Crippen LogP contribution in [0.4, 0.5) is 34.1 Å². The minimum absolute atomic E-state index is 0.0169. The second-order valence-electron chi connectivity index (χ2n) is 28.8. The Morgan fingerprint density at radius 3 is 1.62 bits per heavy atom. The van der Waals surface area contributed by atoms with Crippen molar-refractivity contribution in [2.75, 3.05) is 9.80 Å². The first-order valence-electron chi connectivity index (χ1n) is 28.5. The molecule has 0 unspecified atom stereocenters. The zero-order valence-electron chi connectivity index (χ0n) is 49.3. The van der Waals surface area contributed by atoms with E-state index in [4.69, 9.17) is 4.42 Å². The van der Waals surface area contributed by atoms with Gasteiger partial charge in [0.1, 0.15) is 5.58 Å². The average molecular weight is 1020 g/mol. The average Bonchev–Trinajstić information content (AvgIpc) is 3.80. The van der Waals surface area contributed by atoms with Crippen molar-refractivity contribution in [1.82, 2.24) is 4.57 Å². The summed E-state index contributed by atoms with van der Waals surface area (Å²) in [5.74, 6) is 0. The van der Waals surface area contributed by atoms with Crippen molar-refractivity contribution in [3.05, 3.63) is 191 Å². The maximum absolute atomic E-state index is 7.30. The normalized spacial score (nSPS) is 14.8. The third-order valence-electron chi connectivity index (χ3n) is 17.9. The van der Waals surface area contributed by atoms with Gasteiger partial charge in [-0.2, -0.15) is 0 Å². The van der Waals surface area contributed by atoms with Crippen LogP contribution in [0, 0.1) is 0 Å². The Balaban J connectivity index is 1.17. The molecule has 0 fully saturated rings. The van der Waals surface area contributed by atoms with E-state index in [1.807, 2.05) is 0 Å². The summed E-state index contributed by atoms with van der Waals surface area (Å²) in [6.07, 6.45) is 0. The number of aromatic nitrogens is 1. The number of hydrogen-bond acceptors (Lipinski definition) is 3. The molecule has 0 saturated carbocycles. The molecule has 0 amide bonds. The van der Waals surface area contributed by atoms with Crippen LogP contribution in [0.1, 0.15) is 157 Å². The quantitative estimate of drug-likeness (QED) is 0.164. The first-order valence-corrected chi connectivity index (χ1v) is 28.5. The van der Waals surface area contributed by atoms with Crippen LogP contribution in [-0.4, -0.2) is 11.3 Å². The molecule has 8 aromatic carbocycles. The number of furan rings is 1. The molecule has 5 heteroatoms. The topological polar surface area (TPSA) is 24.6 Å².